The van der Waals surface area contributed by atoms with Gasteiger partial charge in [0.1, 0.15) is 16.9 Å². The average Bonchev–Trinajstić information content (AvgIpc) is 2.93. The Morgan fingerprint density at radius 2 is 2.08 bits per heavy atom. The van der Waals surface area contributed by atoms with Gasteiger partial charge in [-0.15, -0.1) is 11.3 Å². The highest BCUT2D eigenvalue weighted by Crippen LogP contribution is 2.45. The zero-order valence-corrected chi connectivity index (χ0v) is 14.6. The minimum Gasteiger partial charge on any atom is -0.332 e. The van der Waals surface area contributed by atoms with Crippen molar-refractivity contribution < 1.29 is 4.39 Å². The molecule has 3 rings (SSSR count). The number of rotatable bonds is 4. The van der Waals surface area contributed by atoms with Crippen LogP contribution in [-0.2, 0) is 0 Å². The number of anilines is 2. The number of aryl methyl sites for hydroxylation is 1. The first-order valence-corrected chi connectivity index (χ1v) is 8.87. The van der Waals surface area contributed by atoms with E-state index in [-0.39, 0.29) is 11.7 Å². The van der Waals surface area contributed by atoms with Gasteiger partial charge >= 0.3 is 0 Å². The largest absolute Gasteiger partial charge is 0.332 e. The van der Waals surface area contributed by atoms with Crippen molar-refractivity contribution >= 4 is 22.0 Å². The van der Waals surface area contributed by atoms with E-state index in [1.165, 1.54) is 6.08 Å². The molecule has 0 radical (unpaired) electrons. The number of para-hydroxylation sites is 1. The summed E-state index contributed by atoms with van der Waals surface area (Å²) >= 11 is 1.57. The summed E-state index contributed by atoms with van der Waals surface area (Å²) in [7, 11) is 0. The van der Waals surface area contributed by atoms with Crippen LogP contribution in [0.1, 0.15) is 35.3 Å². The third-order valence-electron chi connectivity index (χ3n) is 4.30. The number of allylic oxidation sites excluding steroid dienone is 4. The van der Waals surface area contributed by atoms with Crippen molar-refractivity contribution in [2.24, 2.45) is 0 Å². The molecule has 1 unspecified atom stereocenters. The smallest absolute Gasteiger partial charge is 0.114 e. The lowest BCUT2D eigenvalue weighted by Gasteiger charge is -2.22. The van der Waals surface area contributed by atoms with Gasteiger partial charge in [0.05, 0.1) is 5.56 Å². The second kappa shape index (κ2) is 7.02. The molecule has 1 aromatic heterocycles. The van der Waals surface area contributed by atoms with Crippen molar-refractivity contribution in [3.05, 3.63) is 70.4 Å². The minimum absolute atomic E-state index is 0.163. The van der Waals surface area contributed by atoms with Crippen LogP contribution >= 0.6 is 11.3 Å². The predicted molar refractivity (Wildman–Crippen MR) is 98.6 cm³/mol. The summed E-state index contributed by atoms with van der Waals surface area (Å²) in [6.45, 7) is 4.79. The summed E-state index contributed by atoms with van der Waals surface area (Å²) in [5, 5.41) is 10.7. The Labute approximate surface area is 146 Å². The standard InChI is InChI=1S/C20H19FN2S/c1-3-23(15-9-5-4-6-10-15)20-17(13-22)19(14(2)24-20)16-11-7-8-12-18(16)21/h4-10,12,16H,3,11H2,1-2H3. The van der Waals surface area contributed by atoms with E-state index in [4.69, 9.17) is 0 Å². The number of hydrogen-bond acceptors (Lipinski definition) is 3. The van der Waals surface area contributed by atoms with Gasteiger partial charge in [0.2, 0.25) is 0 Å². The lowest BCUT2D eigenvalue weighted by molar-refractivity contribution is 0.540. The molecule has 0 aliphatic heterocycles. The van der Waals surface area contributed by atoms with Crippen LogP contribution in [0.3, 0.4) is 0 Å². The molecule has 0 N–H and O–H groups in total. The van der Waals surface area contributed by atoms with Gasteiger partial charge in [0.15, 0.2) is 0 Å². The van der Waals surface area contributed by atoms with Crippen molar-refractivity contribution in [1.82, 2.24) is 0 Å². The fraction of sp³-hybridized carbons (Fsp3) is 0.250. The molecule has 2 nitrogen and oxygen atoms in total. The molecule has 4 heteroatoms. The fourth-order valence-corrected chi connectivity index (χ4v) is 4.42. The van der Waals surface area contributed by atoms with Gasteiger partial charge in [-0.1, -0.05) is 30.4 Å². The van der Waals surface area contributed by atoms with Crippen LogP contribution in [0, 0.1) is 18.3 Å². The van der Waals surface area contributed by atoms with Crippen molar-refractivity contribution in [1.29, 1.82) is 5.26 Å². The molecule has 1 aromatic carbocycles. The lowest BCUT2D eigenvalue weighted by Crippen LogP contribution is -2.16. The molecule has 0 bridgehead atoms. The molecule has 0 spiro atoms. The summed E-state index contributed by atoms with van der Waals surface area (Å²) in [5.74, 6) is -0.506. The highest BCUT2D eigenvalue weighted by Gasteiger charge is 2.28. The highest BCUT2D eigenvalue weighted by atomic mass is 32.1. The molecule has 2 aromatic rings. The first-order chi connectivity index (χ1) is 11.7. The fourth-order valence-electron chi connectivity index (χ4n) is 3.17. The zero-order chi connectivity index (χ0) is 17.1. The highest BCUT2D eigenvalue weighted by molar-refractivity contribution is 7.16. The quantitative estimate of drug-likeness (QED) is 0.685. The lowest BCUT2D eigenvalue weighted by atomic mass is 9.89. The zero-order valence-electron chi connectivity index (χ0n) is 13.8. The van der Waals surface area contributed by atoms with Crippen LogP contribution in [0.25, 0.3) is 0 Å². The van der Waals surface area contributed by atoms with Crippen LogP contribution in [0.15, 0.2) is 54.4 Å². The Hall–Kier alpha value is -2.38. The Morgan fingerprint density at radius 3 is 2.71 bits per heavy atom. The van der Waals surface area contributed by atoms with E-state index in [0.29, 0.717) is 12.0 Å². The number of thiophene rings is 1. The molecular formula is C20H19FN2S. The van der Waals surface area contributed by atoms with Crippen LogP contribution < -0.4 is 4.90 Å². The maximum absolute atomic E-state index is 14.3. The number of benzene rings is 1. The van der Waals surface area contributed by atoms with E-state index in [1.54, 1.807) is 17.4 Å². The number of halogens is 1. The average molecular weight is 338 g/mol. The van der Waals surface area contributed by atoms with E-state index in [0.717, 1.165) is 27.7 Å². The first-order valence-electron chi connectivity index (χ1n) is 8.05. The Kier molecular flexibility index (Phi) is 4.82. The molecule has 0 saturated carbocycles. The summed E-state index contributed by atoms with van der Waals surface area (Å²) in [4.78, 5) is 3.14. The minimum atomic E-state index is -0.343. The maximum Gasteiger partial charge on any atom is 0.114 e. The summed E-state index contributed by atoms with van der Waals surface area (Å²) in [6.07, 6.45) is 5.80. The Balaban J connectivity index is 2.11. The van der Waals surface area contributed by atoms with Gasteiger partial charge in [0.25, 0.3) is 0 Å². The molecule has 1 heterocycles. The molecule has 24 heavy (non-hydrogen) atoms. The van der Waals surface area contributed by atoms with Crippen LogP contribution in [0.5, 0.6) is 0 Å². The van der Waals surface area contributed by atoms with Gasteiger partial charge in [-0.05, 0) is 44.0 Å². The summed E-state index contributed by atoms with van der Waals surface area (Å²) in [6, 6.07) is 12.3. The van der Waals surface area contributed by atoms with Crippen molar-refractivity contribution in [2.45, 2.75) is 26.2 Å². The molecule has 1 aliphatic carbocycles. The normalized spacial score (nSPS) is 16.6. The second-order valence-electron chi connectivity index (χ2n) is 5.71. The SMILES string of the molecule is CCN(c1ccccc1)c1sc(C)c(C2CC=CC=C2F)c1C#N. The first kappa shape index (κ1) is 16.5. The van der Waals surface area contributed by atoms with Gasteiger partial charge in [-0.25, -0.2) is 4.39 Å². The molecular weight excluding hydrogens is 319 g/mol. The number of hydrogen-bond donors (Lipinski definition) is 0. The summed E-state index contributed by atoms with van der Waals surface area (Å²) in [5.41, 5.74) is 2.49. The summed E-state index contributed by atoms with van der Waals surface area (Å²) < 4.78 is 14.3. The number of nitriles is 1. The van der Waals surface area contributed by atoms with Crippen LogP contribution in [0.4, 0.5) is 15.1 Å². The molecule has 1 atom stereocenters. The van der Waals surface area contributed by atoms with Crippen molar-refractivity contribution in [3.8, 4) is 6.07 Å². The van der Waals surface area contributed by atoms with E-state index in [2.05, 4.69) is 17.9 Å². The molecule has 1 aliphatic rings. The van der Waals surface area contributed by atoms with Gasteiger partial charge in [-0.2, -0.15) is 5.26 Å². The van der Waals surface area contributed by atoms with Crippen LogP contribution in [-0.4, -0.2) is 6.54 Å². The van der Waals surface area contributed by atoms with Crippen molar-refractivity contribution in [3.63, 3.8) is 0 Å². The Morgan fingerprint density at radius 1 is 1.33 bits per heavy atom. The van der Waals surface area contributed by atoms with Crippen LogP contribution in [0.2, 0.25) is 0 Å². The molecule has 0 amide bonds. The van der Waals surface area contributed by atoms with E-state index < -0.39 is 0 Å². The third kappa shape index (κ3) is 2.88. The molecule has 122 valence electrons. The Bertz CT molecular complexity index is 827. The van der Waals surface area contributed by atoms with Gasteiger partial charge < -0.3 is 4.90 Å². The molecule has 0 saturated heterocycles. The van der Waals surface area contributed by atoms with Gasteiger partial charge in [-0.3, -0.25) is 0 Å². The monoisotopic (exact) mass is 338 g/mol. The molecule has 0 fully saturated rings. The van der Waals surface area contributed by atoms with Crippen molar-refractivity contribution in [2.75, 3.05) is 11.4 Å². The number of nitrogens with zero attached hydrogens (tertiary/aromatic N) is 2. The maximum atomic E-state index is 14.3. The third-order valence-corrected chi connectivity index (χ3v) is 5.44. The van der Waals surface area contributed by atoms with E-state index >= 15 is 0 Å². The van der Waals surface area contributed by atoms with E-state index in [1.807, 2.05) is 43.3 Å². The predicted octanol–water partition coefficient (Wildman–Crippen LogP) is 5.98. The topological polar surface area (TPSA) is 27.0 Å². The van der Waals surface area contributed by atoms with Gasteiger partial charge in [0, 0.05) is 23.0 Å². The van der Waals surface area contributed by atoms with E-state index in [9.17, 15) is 9.65 Å². The second-order valence-corrected chi connectivity index (χ2v) is 6.91.